The topological polar surface area (TPSA) is 43.4 Å². The van der Waals surface area contributed by atoms with Gasteiger partial charge in [-0.25, -0.2) is 4.39 Å². The Balaban J connectivity index is 2.04. The van der Waals surface area contributed by atoms with Crippen molar-refractivity contribution < 1.29 is 13.9 Å². The lowest BCUT2D eigenvalue weighted by Crippen LogP contribution is -1.97. The average Bonchev–Trinajstić information content (AvgIpc) is 2.61. The summed E-state index contributed by atoms with van der Waals surface area (Å²) in [5.74, 6) is 1.03. The van der Waals surface area contributed by atoms with Crippen LogP contribution in [0.1, 0.15) is 11.1 Å². The van der Waals surface area contributed by atoms with Gasteiger partial charge in [0.1, 0.15) is 5.82 Å². The molecule has 124 valence electrons. The van der Waals surface area contributed by atoms with Gasteiger partial charge in [-0.1, -0.05) is 6.07 Å². The fraction of sp³-hybridized carbons (Fsp3) is 0.211. The summed E-state index contributed by atoms with van der Waals surface area (Å²) in [6, 6.07) is 10.9. The van der Waals surface area contributed by atoms with E-state index in [-0.39, 0.29) is 5.82 Å². The molecular formula is C19H19FN2O2. The predicted octanol–water partition coefficient (Wildman–Crippen LogP) is 4.02. The van der Waals surface area contributed by atoms with E-state index in [9.17, 15) is 4.39 Å². The van der Waals surface area contributed by atoms with Crippen LogP contribution in [0.25, 0.3) is 10.9 Å². The van der Waals surface area contributed by atoms with Crippen LogP contribution in [0.5, 0.6) is 11.5 Å². The second kappa shape index (κ2) is 6.74. The molecule has 1 aromatic heterocycles. The van der Waals surface area contributed by atoms with Crippen LogP contribution in [0.4, 0.5) is 10.1 Å². The van der Waals surface area contributed by atoms with Gasteiger partial charge in [-0.2, -0.15) is 0 Å². The third kappa shape index (κ3) is 2.97. The molecule has 2 aromatic carbocycles. The summed E-state index contributed by atoms with van der Waals surface area (Å²) in [5, 5.41) is 3.79. The summed E-state index contributed by atoms with van der Waals surface area (Å²) in [4.78, 5) is 4.39. The smallest absolute Gasteiger partial charge is 0.162 e. The van der Waals surface area contributed by atoms with Gasteiger partial charge in [0.05, 0.1) is 25.4 Å². The minimum absolute atomic E-state index is 0.257. The summed E-state index contributed by atoms with van der Waals surface area (Å²) < 4.78 is 24.7. The summed E-state index contributed by atoms with van der Waals surface area (Å²) in [6.45, 7) is 0. The quantitative estimate of drug-likeness (QED) is 0.769. The van der Waals surface area contributed by atoms with Gasteiger partial charge in [-0.05, 0) is 41.8 Å². The van der Waals surface area contributed by atoms with Crippen LogP contribution in [0.15, 0.2) is 42.6 Å². The maximum atomic E-state index is 14.0. The fourth-order valence-corrected chi connectivity index (χ4v) is 2.77. The van der Waals surface area contributed by atoms with Crippen LogP contribution in [-0.2, 0) is 6.42 Å². The van der Waals surface area contributed by atoms with Gasteiger partial charge in [-0.15, -0.1) is 0 Å². The van der Waals surface area contributed by atoms with E-state index in [1.165, 1.54) is 0 Å². The van der Waals surface area contributed by atoms with Crippen molar-refractivity contribution in [2.24, 2.45) is 0 Å². The van der Waals surface area contributed by atoms with Crippen molar-refractivity contribution in [1.29, 1.82) is 0 Å². The van der Waals surface area contributed by atoms with Crippen LogP contribution in [0, 0.1) is 5.82 Å². The molecule has 0 bridgehead atoms. The second-order valence-electron chi connectivity index (χ2n) is 5.44. The standard InChI is InChI=1S/C19H19FN2O2/c1-21-16-5-4-12(9-15(16)20)8-13-6-7-22-17-11-19(24-3)18(23-2)10-14(13)17/h4-7,9-11,21H,8H2,1-3H3. The molecule has 0 amide bonds. The van der Waals surface area contributed by atoms with Gasteiger partial charge in [0.2, 0.25) is 0 Å². The largest absolute Gasteiger partial charge is 0.493 e. The van der Waals surface area contributed by atoms with Crippen molar-refractivity contribution in [3.8, 4) is 11.5 Å². The monoisotopic (exact) mass is 326 g/mol. The van der Waals surface area contributed by atoms with E-state index in [2.05, 4.69) is 10.3 Å². The zero-order valence-electron chi connectivity index (χ0n) is 13.9. The number of nitrogens with zero attached hydrogens (tertiary/aromatic N) is 1. The van der Waals surface area contributed by atoms with E-state index in [1.807, 2.05) is 24.3 Å². The molecule has 5 heteroatoms. The molecule has 1 heterocycles. The Morgan fingerprint density at radius 2 is 1.79 bits per heavy atom. The van der Waals surface area contributed by atoms with E-state index >= 15 is 0 Å². The molecule has 0 aliphatic carbocycles. The minimum Gasteiger partial charge on any atom is -0.493 e. The first-order valence-corrected chi connectivity index (χ1v) is 7.62. The van der Waals surface area contributed by atoms with Crippen LogP contribution >= 0.6 is 0 Å². The lowest BCUT2D eigenvalue weighted by Gasteiger charge is -2.12. The third-order valence-electron chi connectivity index (χ3n) is 4.03. The Bertz CT molecular complexity index is 881. The summed E-state index contributed by atoms with van der Waals surface area (Å²) >= 11 is 0. The van der Waals surface area contributed by atoms with Crippen molar-refractivity contribution in [3.63, 3.8) is 0 Å². The molecule has 3 rings (SSSR count). The number of hydrogen-bond acceptors (Lipinski definition) is 4. The molecule has 1 N–H and O–H groups in total. The molecule has 3 aromatic rings. The Morgan fingerprint density at radius 1 is 1.04 bits per heavy atom. The van der Waals surface area contributed by atoms with E-state index in [0.717, 1.165) is 22.0 Å². The second-order valence-corrected chi connectivity index (χ2v) is 5.44. The highest BCUT2D eigenvalue weighted by molar-refractivity contribution is 5.86. The molecule has 0 fully saturated rings. The average molecular weight is 326 g/mol. The number of hydrogen-bond donors (Lipinski definition) is 1. The van der Waals surface area contributed by atoms with Crippen molar-refractivity contribution in [1.82, 2.24) is 4.98 Å². The molecule has 0 radical (unpaired) electrons. The number of rotatable bonds is 5. The summed E-state index contributed by atoms with van der Waals surface area (Å²) in [7, 11) is 4.90. The first kappa shape index (κ1) is 16.1. The van der Waals surface area contributed by atoms with Crippen molar-refractivity contribution >= 4 is 16.6 Å². The molecule has 0 saturated heterocycles. The van der Waals surface area contributed by atoms with Gasteiger partial charge >= 0.3 is 0 Å². The van der Waals surface area contributed by atoms with Gasteiger partial charge in [0, 0.05) is 24.7 Å². The molecule has 0 spiro atoms. The van der Waals surface area contributed by atoms with Crippen LogP contribution in [0.2, 0.25) is 0 Å². The number of fused-ring (bicyclic) bond motifs is 1. The van der Waals surface area contributed by atoms with Crippen molar-refractivity contribution in [2.45, 2.75) is 6.42 Å². The Kier molecular flexibility index (Phi) is 4.51. The SMILES string of the molecule is CNc1ccc(Cc2ccnc3cc(OC)c(OC)cc23)cc1F. The first-order valence-electron chi connectivity index (χ1n) is 7.62. The summed E-state index contributed by atoms with van der Waals surface area (Å²) in [5.41, 5.74) is 3.26. The number of aromatic nitrogens is 1. The first-order chi connectivity index (χ1) is 11.7. The van der Waals surface area contributed by atoms with Crippen LogP contribution < -0.4 is 14.8 Å². The number of nitrogens with one attached hydrogen (secondary N) is 1. The zero-order valence-corrected chi connectivity index (χ0v) is 13.9. The molecule has 0 atom stereocenters. The summed E-state index contributed by atoms with van der Waals surface area (Å²) in [6.07, 6.45) is 2.36. The van der Waals surface area contributed by atoms with Crippen molar-refractivity contribution in [3.05, 3.63) is 59.5 Å². The fourth-order valence-electron chi connectivity index (χ4n) is 2.77. The highest BCUT2D eigenvalue weighted by Gasteiger charge is 2.11. The van der Waals surface area contributed by atoms with E-state index in [1.54, 1.807) is 39.6 Å². The minimum atomic E-state index is -0.257. The van der Waals surface area contributed by atoms with Crippen LogP contribution in [0.3, 0.4) is 0 Å². The number of pyridine rings is 1. The van der Waals surface area contributed by atoms with Crippen LogP contribution in [-0.4, -0.2) is 26.3 Å². The molecule has 0 aliphatic heterocycles. The number of benzene rings is 2. The third-order valence-corrected chi connectivity index (χ3v) is 4.03. The number of methoxy groups -OCH3 is 2. The molecular weight excluding hydrogens is 307 g/mol. The number of halogens is 1. The lowest BCUT2D eigenvalue weighted by atomic mass is 10.0. The molecule has 24 heavy (non-hydrogen) atoms. The van der Waals surface area contributed by atoms with Gasteiger partial charge in [0.15, 0.2) is 11.5 Å². The number of ether oxygens (including phenoxy) is 2. The lowest BCUT2D eigenvalue weighted by molar-refractivity contribution is 0.356. The highest BCUT2D eigenvalue weighted by atomic mass is 19.1. The number of anilines is 1. The van der Waals surface area contributed by atoms with Gasteiger partial charge < -0.3 is 14.8 Å². The van der Waals surface area contributed by atoms with E-state index in [4.69, 9.17) is 9.47 Å². The maximum Gasteiger partial charge on any atom is 0.162 e. The molecule has 0 aliphatic rings. The van der Waals surface area contributed by atoms with Gasteiger partial charge in [0.25, 0.3) is 0 Å². The van der Waals surface area contributed by atoms with Gasteiger partial charge in [-0.3, -0.25) is 4.98 Å². The molecule has 4 nitrogen and oxygen atoms in total. The molecule has 0 saturated carbocycles. The molecule has 0 unspecified atom stereocenters. The Hall–Kier alpha value is -2.82. The Morgan fingerprint density at radius 3 is 2.46 bits per heavy atom. The Labute approximate surface area is 140 Å². The maximum absolute atomic E-state index is 14.0. The predicted molar refractivity (Wildman–Crippen MR) is 93.6 cm³/mol. The highest BCUT2D eigenvalue weighted by Crippen LogP contribution is 2.33. The normalized spacial score (nSPS) is 10.7. The van der Waals surface area contributed by atoms with Crippen molar-refractivity contribution in [2.75, 3.05) is 26.6 Å². The van der Waals surface area contributed by atoms with E-state index in [0.29, 0.717) is 23.6 Å². The zero-order chi connectivity index (χ0) is 17.1. The van der Waals surface area contributed by atoms with E-state index < -0.39 is 0 Å².